The highest BCUT2D eigenvalue weighted by molar-refractivity contribution is 5.77. The Bertz CT molecular complexity index is 975. The van der Waals surface area contributed by atoms with Crippen molar-refractivity contribution < 1.29 is 17.6 Å². The van der Waals surface area contributed by atoms with Crippen molar-refractivity contribution in [3.63, 3.8) is 0 Å². The minimum absolute atomic E-state index is 0.214. The van der Waals surface area contributed by atoms with Crippen LogP contribution < -0.4 is 5.32 Å². The van der Waals surface area contributed by atoms with E-state index in [0.717, 1.165) is 36.6 Å². The van der Waals surface area contributed by atoms with Crippen molar-refractivity contribution in [2.45, 2.75) is 44.4 Å². The minimum atomic E-state index is -4.42. The second kappa shape index (κ2) is 7.81. The van der Waals surface area contributed by atoms with Crippen LogP contribution in [-0.4, -0.2) is 31.7 Å². The van der Waals surface area contributed by atoms with Gasteiger partial charge in [-0.2, -0.15) is 13.2 Å². The van der Waals surface area contributed by atoms with Crippen LogP contribution in [0.4, 0.5) is 23.5 Å². The third-order valence-corrected chi connectivity index (χ3v) is 4.89. The van der Waals surface area contributed by atoms with Crippen LogP contribution >= 0.6 is 0 Å². The summed E-state index contributed by atoms with van der Waals surface area (Å²) in [6.07, 6.45) is 2.51. The third kappa shape index (κ3) is 4.55. The van der Waals surface area contributed by atoms with Crippen molar-refractivity contribution in [2.75, 3.05) is 5.32 Å². The summed E-state index contributed by atoms with van der Waals surface area (Å²) < 4.78 is 53.6. The van der Waals surface area contributed by atoms with E-state index in [1.807, 2.05) is 0 Å². The maximum Gasteiger partial charge on any atom is 0.406 e. The van der Waals surface area contributed by atoms with E-state index < -0.39 is 18.5 Å². The number of rotatable bonds is 5. The molecule has 1 N–H and O–H groups in total. The summed E-state index contributed by atoms with van der Waals surface area (Å²) in [4.78, 5) is 12.8. The van der Waals surface area contributed by atoms with Crippen LogP contribution in [0.3, 0.4) is 0 Å². The number of aromatic nitrogens is 4. The number of halogens is 4. The van der Waals surface area contributed by atoms with Crippen molar-refractivity contribution in [3.8, 4) is 22.6 Å². The number of anilines is 1. The van der Waals surface area contributed by atoms with E-state index >= 15 is 0 Å². The Morgan fingerprint density at radius 1 is 1.03 bits per heavy atom. The smallest absolute Gasteiger partial charge is 0.351 e. The van der Waals surface area contributed by atoms with E-state index in [0.29, 0.717) is 22.9 Å². The van der Waals surface area contributed by atoms with E-state index in [4.69, 9.17) is 0 Å². The highest BCUT2D eigenvalue weighted by atomic mass is 19.4. The topological polar surface area (TPSA) is 55.6 Å². The molecule has 2 heterocycles. The second-order valence-corrected chi connectivity index (χ2v) is 7.08. The lowest BCUT2D eigenvalue weighted by molar-refractivity contribution is -0.140. The number of hydrogen-bond donors (Lipinski definition) is 1. The van der Waals surface area contributed by atoms with Gasteiger partial charge in [0.05, 0.1) is 23.4 Å². The maximum absolute atomic E-state index is 13.3. The largest absolute Gasteiger partial charge is 0.406 e. The third-order valence-electron chi connectivity index (χ3n) is 4.89. The fourth-order valence-electron chi connectivity index (χ4n) is 3.60. The van der Waals surface area contributed by atoms with Gasteiger partial charge >= 0.3 is 6.18 Å². The van der Waals surface area contributed by atoms with Gasteiger partial charge in [0.1, 0.15) is 12.4 Å². The summed E-state index contributed by atoms with van der Waals surface area (Å²) in [6.45, 7) is -1.20. The van der Waals surface area contributed by atoms with Gasteiger partial charge in [0.25, 0.3) is 0 Å². The first-order valence-corrected chi connectivity index (χ1v) is 9.37. The Morgan fingerprint density at radius 3 is 2.45 bits per heavy atom. The molecule has 1 aromatic carbocycles. The van der Waals surface area contributed by atoms with Crippen molar-refractivity contribution in [2.24, 2.45) is 0 Å². The van der Waals surface area contributed by atoms with Crippen LogP contribution in [-0.2, 0) is 6.54 Å². The molecule has 3 aromatic rings. The quantitative estimate of drug-likeness (QED) is 0.603. The van der Waals surface area contributed by atoms with Gasteiger partial charge in [-0.25, -0.2) is 19.3 Å². The van der Waals surface area contributed by atoms with Crippen molar-refractivity contribution in [3.05, 3.63) is 48.7 Å². The van der Waals surface area contributed by atoms with Crippen molar-refractivity contribution in [1.29, 1.82) is 0 Å². The average Bonchev–Trinajstić information content (AvgIpc) is 3.31. The summed E-state index contributed by atoms with van der Waals surface area (Å²) in [7, 11) is 0. The number of imidazole rings is 1. The molecule has 29 heavy (non-hydrogen) atoms. The minimum Gasteiger partial charge on any atom is -0.351 e. The molecule has 0 atom stereocenters. The van der Waals surface area contributed by atoms with Crippen LogP contribution in [0, 0.1) is 5.82 Å². The predicted octanol–water partition coefficient (Wildman–Crippen LogP) is 5.06. The van der Waals surface area contributed by atoms with Crippen LogP contribution in [0.15, 0.2) is 42.9 Å². The first kappa shape index (κ1) is 19.4. The van der Waals surface area contributed by atoms with Gasteiger partial charge in [0.15, 0.2) is 0 Å². The molecule has 0 bridgehead atoms. The first-order valence-electron chi connectivity index (χ1n) is 9.37. The SMILES string of the molecule is Fc1ccc(-c2ncn(CC(F)(F)F)c2-c2ccnc(NC3CCCC3)n2)cc1. The Balaban J connectivity index is 1.76. The molecule has 4 rings (SSSR count). The molecule has 1 saturated carbocycles. The summed E-state index contributed by atoms with van der Waals surface area (Å²) in [6, 6.07) is 7.28. The van der Waals surface area contributed by atoms with E-state index in [9.17, 15) is 17.6 Å². The van der Waals surface area contributed by atoms with Crippen LogP contribution in [0.1, 0.15) is 25.7 Å². The molecule has 1 aliphatic rings. The maximum atomic E-state index is 13.3. The van der Waals surface area contributed by atoms with E-state index in [2.05, 4.69) is 20.3 Å². The highest BCUT2D eigenvalue weighted by Gasteiger charge is 2.30. The summed E-state index contributed by atoms with van der Waals surface area (Å²) in [5.41, 5.74) is 1.35. The fraction of sp³-hybridized carbons (Fsp3) is 0.350. The van der Waals surface area contributed by atoms with Crippen molar-refractivity contribution in [1.82, 2.24) is 19.5 Å². The zero-order valence-corrected chi connectivity index (χ0v) is 15.5. The molecule has 1 aliphatic carbocycles. The van der Waals surface area contributed by atoms with Crippen LogP contribution in [0.25, 0.3) is 22.6 Å². The molecular formula is C20H19F4N5. The van der Waals surface area contributed by atoms with E-state index in [1.54, 1.807) is 6.07 Å². The molecule has 2 aromatic heterocycles. The molecule has 0 unspecified atom stereocenters. The number of nitrogens with one attached hydrogen (secondary N) is 1. The molecule has 0 spiro atoms. The summed E-state index contributed by atoms with van der Waals surface area (Å²) in [5, 5.41) is 3.25. The van der Waals surface area contributed by atoms with Gasteiger partial charge in [-0.05, 0) is 43.2 Å². The molecule has 0 amide bonds. The van der Waals surface area contributed by atoms with Gasteiger partial charge < -0.3 is 9.88 Å². The van der Waals surface area contributed by atoms with Crippen LogP contribution in [0.2, 0.25) is 0 Å². The standard InChI is InChI=1S/C20H19F4N5/c21-14-7-5-13(6-8-14)17-18(29(12-26-17)11-20(22,23)24)16-9-10-25-19(28-16)27-15-3-1-2-4-15/h5-10,12,15H,1-4,11H2,(H,25,27,28). The normalized spacial score (nSPS) is 15.0. The Kier molecular flexibility index (Phi) is 5.21. The second-order valence-electron chi connectivity index (χ2n) is 7.08. The Morgan fingerprint density at radius 2 is 1.76 bits per heavy atom. The van der Waals surface area contributed by atoms with E-state index in [1.165, 1.54) is 30.5 Å². The molecule has 0 radical (unpaired) electrons. The highest BCUT2D eigenvalue weighted by Crippen LogP contribution is 2.33. The number of hydrogen-bond acceptors (Lipinski definition) is 4. The molecule has 0 aliphatic heterocycles. The molecule has 152 valence electrons. The summed E-state index contributed by atoms with van der Waals surface area (Å²) in [5.74, 6) is -0.0608. The van der Waals surface area contributed by atoms with Gasteiger partial charge in [0.2, 0.25) is 5.95 Å². The van der Waals surface area contributed by atoms with Crippen LogP contribution in [0.5, 0.6) is 0 Å². The Hall–Kier alpha value is -2.97. The lowest BCUT2D eigenvalue weighted by Gasteiger charge is -2.14. The number of alkyl halides is 3. The lowest BCUT2D eigenvalue weighted by Crippen LogP contribution is -2.19. The van der Waals surface area contributed by atoms with Crippen molar-refractivity contribution >= 4 is 5.95 Å². The summed E-state index contributed by atoms with van der Waals surface area (Å²) >= 11 is 0. The molecule has 9 heteroatoms. The monoisotopic (exact) mass is 405 g/mol. The number of benzene rings is 1. The lowest BCUT2D eigenvalue weighted by atomic mass is 10.1. The molecule has 1 fully saturated rings. The molecular weight excluding hydrogens is 386 g/mol. The fourth-order valence-corrected chi connectivity index (χ4v) is 3.60. The van der Waals surface area contributed by atoms with Gasteiger partial charge in [-0.15, -0.1) is 0 Å². The first-order chi connectivity index (χ1) is 13.9. The molecule has 5 nitrogen and oxygen atoms in total. The Labute approximate surface area is 164 Å². The van der Waals surface area contributed by atoms with Gasteiger partial charge in [-0.1, -0.05) is 12.8 Å². The van der Waals surface area contributed by atoms with E-state index in [-0.39, 0.29) is 11.7 Å². The zero-order chi connectivity index (χ0) is 20.4. The number of nitrogens with zero attached hydrogens (tertiary/aromatic N) is 4. The molecule has 0 saturated heterocycles. The van der Waals surface area contributed by atoms with Gasteiger partial charge in [0, 0.05) is 17.8 Å². The average molecular weight is 405 g/mol. The zero-order valence-electron chi connectivity index (χ0n) is 15.5. The predicted molar refractivity (Wildman–Crippen MR) is 101 cm³/mol. The van der Waals surface area contributed by atoms with Gasteiger partial charge in [-0.3, -0.25) is 0 Å².